The summed E-state index contributed by atoms with van der Waals surface area (Å²) < 4.78 is 10.2. The maximum absolute atomic E-state index is 12.9. The van der Waals surface area contributed by atoms with Gasteiger partial charge in [-0.2, -0.15) is 4.98 Å². The summed E-state index contributed by atoms with van der Waals surface area (Å²) in [6, 6.07) is 8.05. The van der Waals surface area contributed by atoms with E-state index >= 15 is 0 Å². The highest BCUT2D eigenvalue weighted by atomic mass is 16.5. The molecule has 1 atom stereocenters. The normalized spacial score (nSPS) is 12.2. The first-order valence-electron chi connectivity index (χ1n) is 9.29. The van der Waals surface area contributed by atoms with Gasteiger partial charge in [-0.25, -0.2) is 14.7 Å². The van der Waals surface area contributed by atoms with Crippen LogP contribution in [0.25, 0.3) is 0 Å². The molecule has 2 rings (SSSR count). The van der Waals surface area contributed by atoms with Crippen LogP contribution in [-0.2, 0) is 4.74 Å². The van der Waals surface area contributed by atoms with Gasteiger partial charge >= 0.3 is 6.03 Å². The minimum atomic E-state index is -0.966. The second kappa shape index (κ2) is 10.0. The molecule has 0 fully saturated rings. The van der Waals surface area contributed by atoms with E-state index in [4.69, 9.17) is 9.47 Å². The van der Waals surface area contributed by atoms with E-state index in [2.05, 4.69) is 20.6 Å². The van der Waals surface area contributed by atoms with E-state index in [0.29, 0.717) is 36.4 Å². The molecule has 1 heterocycles. The molecule has 1 aromatic carbocycles. The van der Waals surface area contributed by atoms with Crippen molar-refractivity contribution in [3.8, 4) is 5.75 Å². The number of ether oxygens (including phenoxy) is 2. The predicted molar refractivity (Wildman–Crippen MR) is 112 cm³/mol. The molecule has 158 valence electrons. The van der Waals surface area contributed by atoms with Gasteiger partial charge < -0.3 is 25.2 Å². The van der Waals surface area contributed by atoms with E-state index < -0.39 is 5.60 Å². The molecule has 0 saturated heterocycles. The van der Waals surface area contributed by atoms with Crippen molar-refractivity contribution < 1.29 is 19.4 Å². The van der Waals surface area contributed by atoms with Gasteiger partial charge in [0.15, 0.2) is 0 Å². The Morgan fingerprint density at radius 1 is 1.24 bits per heavy atom. The molecular formula is C20H29N5O4. The average Bonchev–Trinajstić information content (AvgIpc) is 2.68. The van der Waals surface area contributed by atoms with Crippen LogP contribution in [0.2, 0.25) is 0 Å². The van der Waals surface area contributed by atoms with Crippen LogP contribution >= 0.6 is 0 Å². The Morgan fingerprint density at radius 3 is 2.52 bits per heavy atom. The van der Waals surface area contributed by atoms with Crippen LogP contribution < -0.4 is 20.3 Å². The zero-order chi connectivity index (χ0) is 21.4. The van der Waals surface area contributed by atoms with Crippen LogP contribution in [0, 0.1) is 0 Å². The van der Waals surface area contributed by atoms with Crippen LogP contribution in [0.3, 0.4) is 0 Å². The van der Waals surface area contributed by atoms with Gasteiger partial charge in [-0.05, 0) is 45.0 Å². The van der Waals surface area contributed by atoms with Gasteiger partial charge in [0.2, 0.25) is 5.95 Å². The Hall–Kier alpha value is -2.91. The second-order valence-corrected chi connectivity index (χ2v) is 7.02. The van der Waals surface area contributed by atoms with Crippen LogP contribution in [-0.4, -0.2) is 60.1 Å². The number of carbonyl (C=O) groups excluding carboxylic acids is 1. The van der Waals surface area contributed by atoms with Crippen molar-refractivity contribution in [2.45, 2.75) is 32.4 Å². The number of methoxy groups -OCH3 is 2. The molecule has 0 aliphatic carbocycles. The van der Waals surface area contributed by atoms with Gasteiger partial charge in [-0.15, -0.1) is 0 Å². The molecule has 0 spiro atoms. The summed E-state index contributed by atoms with van der Waals surface area (Å²) in [7, 11) is 3.15. The lowest BCUT2D eigenvalue weighted by Crippen LogP contribution is -2.40. The molecule has 1 aromatic heterocycles. The highest BCUT2D eigenvalue weighted by Gasteiger charge is 2.24. The molecule has 9 nitrogen and oxygen atoms in total. The van der Waals surface area contributed by atoms with Crippen LogP contribution in [0.5, 0.6) is 5.75 Å². The van der Waals surface area contributed by atoms with Crippen molar-refractivity contribution in [1.82, 2.24) is 15.3 Å². The zero-order valence-corrected chi connectivity index (χ0v) is 17.5. The summed E-state index contributed by atoms with van der Waals surface area (Å²) >= 11 is 0. The molecule has 1 unspecified atom stereocenters. The Morgan fingerprint density at radius 2 is 1.93 bits per heavy atom. The number of hydrogen-bond acceptors (Lipinski definition) is 7. The van der Waals surface area contributed by atoms with E-state index in [1.807, 2.05) is 6.92 Å². The smallest absolute Gasteiger partial charge is 0.327 e. The summed E-state index contributed by atoms with van der Waals surface area (Å²) in [4.78, 5) is 23.0. The van der Waals surface area contributed by atoms with Gasteiger partial charge in [0.05, 0.1) is 31.0 Å². The molecule has 0 radical (unpaired) electrons. The number of aliphatic hydroxyl groups is 1. The van der Waals surface area contributed by atoms with Crippen molar-refractivity contribution >= 4 is 23.5 Å². The molecular weight excluding hydrogens is 374 g/mol. The van der Waals surface area contributed by atoms with Crippen LogP contribution in [0.1, 0.15) is 20.8 Å². The number of nitrogens with zero attached hydrogens (tertiary/aromatic N) is 3. The third-order valence-corrected chi connectivity index (χ3v) is 4.39. The lowest BCUT2D eigenvalue weighted by Gasteiger charge is -2.27. The maximum atomic E-state index is 12.9. The third kappa shape index (κ3) is 6.30. The minimum Gasteiger partial charge on any atom is -0.497 e. The Bertz CT molecular complexity index is 792. The molecule has 9 heteroatoms. The molecule has 2 aromatic rings. The van der Waals surface area contributed by atoms with Crippen molar-refractivity contribution in [1.29, 1.82) is 0 Å². The summed E-state index contributed by atoms with van der Waals surface area (Å²) in [5, 5.41) is 16.0. The van der Waals surface area contributed by atoms with Gasteiger partial charge in [0.25, 0.3) is 0 Å². The lowest BCUT2D eigenvalue weighted by molar-refractivity contribution is 0.0646. The van der Waals surface area contributed by atoms with Crippen molar-refractivity contribution in [3.05, 3.63) is 36.5 Å². The fourth-order valence-corrected chi connectivity index (χ4v) is 2.34. The number of amides is 2. The van der Waals surface area contributed by atoms with E-state index in [1.165, 1.54) is 4.90 Å². The Labute approximate surface area is 171 Å². The lowest BCUT2D eigenvalue weighted by atomic mass is 10.0. The van der Waals surface area contributed by atoms with Crippen molar-refractivity contribution in [3.63, 3.8) is 0 Å². The zero-order valence-electron chi connectivity index (χ0n) is 17.5. The first-order valence-corrected chi connectivity index (χ1v) is 9.29. The summed E-state index contributed by atoms with van der Waals surface area (Å²) in [5.74, 6) is 1.36. The molecule has 0 aliphatic rings. The maximum Gasteiger partial charge on any atom is 0.327 e. The van der Waals surface area contributed by atoms with E-state index in [-0.39, 0.29) is 12.1 Å². The SMILES string of the molecule is COCCNC(=O)N(c1ccc(OC)cc1)c1ccnc(NC(C)C(C)(C)O)n1. The Balaban J connectivity index is 2.34. The predicted octanol–water partition coefficient (Wildman–Crippen LogP) is 2.55. The average molecular weight is 403 g/mol. The molecule has 0 saturated carbocycles. The molecule has 0 bridgehead atoms. The number of benzene rings is 1. The standard InChI is InChI=1S/C20H29N5O4/c1-14(20(2,3)27)23-18-21-11-10-17(24-18)25(19(26)22-12-13-28-4)15-6-8-16(29-5)9-7-15/h6-11,14,27H,12-13H2,1-5H3,(H,22,26)(H,21,23,24). The van der Waals surface area contributed by atoms with Crippen molar-refractivity contribution in [2.75, 3.05) is 37.6 Å². The van der Waals surface area contributed by atoms with E-state index in [1.54, 1.807) is 64.6 Å². The molecule has 2 amide bonds. The minimum absolute atomic E-state index is 0.303. The van der Waals surface area contributed by atoms with Crippen LogP contribution in [0.15, 0.2) is 36.5 Å². The first-order chi connectivity index (χ1) is 13.8. The first kappa shape index (κ1) is 22.4. The second-order valence-electron chi connectivity index (χ2n) is 7.02. The topological polar surface area (TPSA) is 109 Å². The van der Waals surface area contributed by atoms with E-state index in [0.717, 1.165) is 0 Å². The molecule has 3 N–H and O–H groups in total. The van der Waals surface area contributed by atoms with Gasteiger partial charge in [0.1, 0.15) is 11.6 Å². The number of urea groups is 1. The van der Waals surface area contributed by atoms with E-state index in [9.17, 15) is 9.90 Å². The number of rotatable bonds is 9. The van der Waals surface area contributed by atoms with Crippen LogP contribution in [0.4, 0.5) is 22.2 Å². The number of carbonyl (C=O) groups is 1. The Kier molecular flexibility index (Phi) is 7.74. The van der Waals surface area contributed by atoms with Gasteiger partial charge in [-0.1, -0.05) is 0 Å². The fraction of sp³-hybridized carbons (Fsp3) is 0.450. The largest absolute Gasteiger partial charge is 0.497 e. The number of anilines is 3. The highest BCUT2D eigenvalue weighted by Crippen LogP contribution is 2.26. The number of aromatic nitrogens is 2. The quantitative estimate of drug-likeness (QED) is 0.552. The number of nitrogens with one attached hydrogen (secondary N) is 2. The molecule has 29 heavy (non-hydrogen) atoms. The summed E-state index contributed by atoms with van der Waals surface area (Å²) in [6.45, 7) is 5.97. The van der Waals surface area contributed by atoms with Gasteiger partial charge in [-0.3, -0.25) is 0 Å². The number of hydrogen-bond donors (Lipinski definition) is 3. The fourth-order valence-electron chi connectivity index (χ4n) is 2.34. The van der Waals surface area contributed by atoms with Gasteiger partial charge in [0, 0.05) is 25.9 Å². The summed E-state index contributed by atoms with van der Waals surface area (Å²) in [6.07, 6.45) is 1.56. The van der Waals surface area contributed by atoms with Crippen molar-refractivity contribution in [2.24, 2.45) is 0 Å². The monoisotopic (exact) mass is 403 g/mol. The summed E-state index contributed by atoms with van der Waals surface area (Å²) in [5.41, 5.74) is -0.354. The molecule has 0 aliphatic heterocycles. The highest BCUT2D eigenvalue weighted by molar-refractivity contribution is 5.98. The third-order valence-electron chi connectivity index (χ3n) is 4.39.